The molecule has 2 heterocycles. The van der Waals surface area contributed by atoms with Crippen LogP contribution in [0.1, 0.15) is 75.6 Å². The Morgan fingerprint density at radius 3 is 2.49 bits per heavy atom. The molecule has 1 aromatic heterocycles. The summed E-state index contributed by atoms with van der Waals surface area (Å²) in [6.07, 6.45) is 9.35. The quantitative estimate of drug-likeness (QED) is 0.588. The lowest BCUT2D eigenvalue weighted by Crippen LogP contribution is -2.41. The third-order valence-electron chi connectivity index (χ3n) is 8.26. The van der Waals surface area contributed by atoms with Gasteiger partial charge in [0.25, 0.3) is 0 Å². The van der Waals surface area contributed by atoms with Crippen molar-refractivity contribution in [2.75, 3.05) is 31.1 Å². The molecule has 0 atom stereocenters. The van der Waals surface area contributed by atoms with Crippen LogP contribution >= 0.6 is 0 Å². The molecule has 2 amide bonds. The number of amides is 2. The van der Waals surface area contributed by atoms with Crippen molar-refractivity contribution in [2.45, 2.75) is 84.7 Å². The maximum Gasteiger partial charge on any atom is 0.230 e. The summed E-state index contributed by atoms with van der Waals surface area (Å²) in [5, 5.41) is 4.25. The van der Waals surface area contributed by atoms with E-state index >= 15 is 0 Å². The molecule has 7 heteroatoms. The number of nitrogens with zero attached hydrogens (tertiary/aromatic N) is 5. The normalized spacial score (nSPS) is 18.5. The summed E-state index contributed by atoms with van der Waals surface area (Å²) >= 11 is 0. The topological polar surface area (TPSA) is 61.7 Å². The van der Waals surface area contributed by atoms with Crippen molar-refractivity contribution in [3.05, 3.63) is 47.3 Å². The van der Waals surface area contributed by atoms with E-state index in [4.69, 9.17) is 0 Å². The van der Waals surface area contributed by atoms with Gasteiger partial charge in [0.1, 0.15) is 0 Å². The summed E-state index contributed by atoms with van der Waals surface area (Å²) < 4.78 is 1.84. The number of carbonyl (C=O) groups is 2. The number of hydrogen-bond acceptors (Lipinski definition) is 4. The van der Waals surface area contributed by atoms with E-state index in [-0.39, 0.29) is 17.7 Å². The molecule has 202 valence electrons. The van der Waals surface area contributed by atoms with Crippen molar-refractivity contribution in [3.8, 4) is 0 Å². The molecule has 0 spiro atoms. The molecule has 0 bridgehead atoms. The predicted molar refractivity (Wildman–Crippen MR) is 148 cm³/mol. The first kappa shape index (κ1) is 27.4. The first-order chi connectivity index (χ1) is 17.8. The lowest BCUT2D eigenvalue weighted by molar-refractivity contribution is -0.132. The number of rotatable bonds is 5. The number of aromatic nitrogens is 2. The van der Waals surface area contributed by atoms with E-state index in [2.05, 4.69) is 53.9 Å². The van der Waals surface area contributed by atoms with Crippen molar-refractivity contribution in [1.82, 2.24) is 19.6 Å². The molecule has 1 fully saturated rings. The molecule has 0 N–H and O–H groups in total. The van der Waals surface area contributed by atoms with Crippen LogP contribution in [0.2, 0.25) is 0 Å². The Morgan fingerprint density at radius 1 is 1.00 bits per heavy atom. The Morgan fingerprint density at radius 2 is 1.78 bits per heavy atom. The molecule has 4 rings (SSSR count). The van der Waals surface area contributed by atoms with Crippen LogP contribution in [-0.2, 0) is 29.6 Å². The van der Waals surface area contributed by atoms with Gasteiger partial charge >= 0.3 is 0 Å². The average Bonchev–Trinajstić information content (AvgIpc) is 3.29. The van der Waals surface area contributed by atoms with Crippen LogP contribution in [0.15, 0.2) is 30.5 Å². The molecule has 2 aromatic rings. The Hall–Kier alpha value is -2.67. The first-order valence-corrected chi connectivity index (χ1v) is 14.2. The van der Waals surface area contributed by atoms with Crippen molar-refractivity contribution >= 4 is 17.5 Å². The fraction of sp³-hybridized carbons (Fsp3) is 0.633. The minimum atomic E-state index is 0.115. The van der Waals surface area contributed by atoms with E-state index in [0.717, 1.165) is 74.2 Å². The molecule has 0 saturated heterocycles. The highest BCUT2D eigenvalue weighted by Crippen LogP contribution is 2.32. The highest BCUT2D eigenvalue weighted by atomic mass is 16.2. The molecule has 0 radical (unpaired) electrons. The van der Waals surface area contributed by atoms with Crippen molar-refractivity contribution in [3.63, 3.8) is 0 Å². The summed E-state index contributed by atoms with van der Waals surface area (Å²) in [7, 11) is 1.92. The summed E-state index contributed by atoms with van der Waals surface area (Å²) in [5.74, 6) is 0.547. The van der Waals surface area contributed by atoms with Gasteiger partial charge in [-0.3, -0.25) is 19.2 Å². The zero-order chi connectivity index (χ0) is 26.4. The monoisotopic (exact) mass is 507 g/mol. The van der Waals surface area contributed by atoms with Crippen molar-refractivity contribution < 1.29 is 9.59 Å². The van der Waals surface area contributed by atoms with E-state index in [1.54, 1.807) is 6.20 Å². The molecule has 1 saturated carbocycles. The van der Waals surface area contributed by atoms with E-state index < -0.39 is 0 Å². The Kier molecular flexibility index (Phi) is 9.41. The maximum absolute atomic E-state index is 13.9. The number of anilines is 1. The molecule has 0 unspecified atom stereocenters. The van der Waals surface area contributed by atoms with Gasteiger partial charge in [-0.1, -0.05) is 37.5 Å². The molecule has 37 heavy (non-hydrogen) atoms. The van der Waals surface area contributed by atoms with Gasteiger partial charge in [-0.05, 0) is 63.6 Å². The SMILES string of the molecule is Cc1cccc2c1N(C(=O)C1CCCCC1)CCCN(C(C)C)CCN(C(=O)CCc1ccnn1C)C2. The minimum Gasteiger partial charge on any atom is -0.337 e. The van der Waals surface area contributed by atoms with Gasteiger partial charge in [-0.15, -0.1) is 0 Å². The van der Waals surface area contributed by atoms with Crippen LogP contribution < -0.4 is 4.90 Å². The smallest absolute Gasteiger partial charge is 0.230 e. The highest BCUT2D eigenvalue weighted by molar-refractivity contribution is 5.96. The largest absolute Gasteiger partial charge is 0.337 e. The summed E-state index contributed by atoms with van der Waals surface area (Å²) in [5.41, 5.74) is 4.29. The number of aryl methyl sites for hydroxylation is 3. The van der Waals surface area contributed by atoms with Crippen molar-refractivity contribution in [2.24, 2.45) is 13.0 Å². The zero-order valence-electron chi connectivity index (χ0n) is 23.3. The van der Waals surface area contributed by atoms with Gasteiger partial charge in [-0.2, -0.15) is 5.10 Å². The van der Waals surface area contributed by atoms with Crippen LogP contribution in [0.5, 0.6) is 0 Å². The fourth-order valence-corrected chi connectivity index (χ4v) is 5.98. The number of benzene rings is 1. The summed E-state index contributed by atoms with van der Waals surface area (Å²) in [6.45, 7) is 10.3. The first-order valence-electron chi connectivity index (χ1n) is 14.2. The minimum absolute atomic E-state index is 0.115. The summed E-state index contributed by atoms with van der Waals surface area (Å²) in [6, 6.07) is 8.65. The van der Waals surface area contributed by atoms with E-state index in [0.29, 0.717) is 32.0 Å². The maximum atomic E-state index is 13.9. The lowest BCUT2D eigenvalue weighted by Gasteiger charge is -2.33. The Bertz CT molecular complexity index is 1060. The lowest BCUT2D eigenvalue weighted by atomic mass is 9.87. The molecule has 7 nitrogen and oxygen atoms in total. The van der Waals surface area contributed by atoms with Crippen molar-refractivity contribution in [1.29, 1.82) is 0 Å². The summed E-state index contributed by atoms with van der Waals surface area (Å²) in [4.78, 5) is 34.1. The van der Waals surface area contributed by atoms with Gasteiger partial charge in [0.2, 0.25) is 11.8 Å². The average molecular weight is 508 g/mol. The fourth-order valence-electron chi connectivity index (χ4n) is 5.98. The molecular weight excluding hydrogens is 462 g/mol. The third kappa shape index (κ3) is 6.81. The van der Waals surface area contributed by atoms with Gasteiger partial charge in [0.15, 0.2) is 0 Å². The molecular formula is C30H45N5O2. The second-order valence-electron chi connectivity index (χ2n) is 11.2. The van der Waals surface area contributed by atoms with Gasteiger partial charge in [0.05, 0.1) is 5.69 Å². The molecule has 1 aromatic carbocycles. The Balaban J connectivity index is 1.64. The molecule has 2 aliphatic rings. The molecule has 1 aliphatic heterocycles. The van der Waals surface area contributed by atoms with E-state index in [1.807, 2.05) is 22.7 Å². The van der Waals surface area contributed by atoms with Crippen LogP contribution in [0.3, 0.4) is 0 Å². The second kappa shape index (κ2) is 12.7. The third-order valence-corrected chi connectivity index (χ3v) is 8.26. The number of carbonyl (C=O) groups excluding carboxylic acids is 2. The second-order valence-corrected chi connectivity index (χ2v) is 11.2. The van der Waals surface area contributed by atoms with Gasteiger partial charge < -0.3 is 9.80 Å². The number of para-hydroxylation sites is 1. The Labute approximate surface area is 222 Å². The van der Waals surface area contributed by atoms with Crippen LogP contribution in [0, 0.1) is 12.8 Å². The van der Waals surface area contributed by atoms with E-state index in [1.165, 1.54) is 6.42 Å². The standard InChI is InChI=1S/C30H45N5O2/c1-23(2)33-18-9-19-35(30(37)25-11-6-5-7-12-25)29-24(3)10-8-13-26(29)22-34(21-20-33)28(36)15-14-27-16-17-31-32(27)4/h8,10,13,16-17,23,25H,5-7,9,11-12,14-15,18-22H2,1-4H3. The van der Waals surface area contributed by atoms with Gasteiger partial charge in [0, 0.05) is 70.0 Å². The van der Waals surface area contributed by atoms with Crippen LogP contribution in [0.25, 0.3) is 0 Å². The van der Waals surface area contributed by atoms with Crippen LogP contribution in [0.4, 0.5) is 5.69 Å². The number of hydrogen-bond donors (Lipinski definition) is 0. The highest BCUT2D eigenvalue weighted by Gasteiger charge is 2.30. The molecule has 1 aliphatic carbocycles. The van der Waals surface area contributed by atoms with Crippen LogP contribution in [-0.4, -0.2) is 63.6 Å². The van der Waals surface area contributed by atoms with E-state index in [9.17, 15) is 9.59 Å². The number of fused-ring (bicyclic) bond motifs is 1. The van der Waals surface area contributed by atoms with Gasteiger partial charge in [-0.25, -0.2) is 0 Å². The predicted octanol–water partition coefficient (Wildman–Crippen LogP) is 4.72. The zero-order valence-corrected chi connectivity index (χ0v) is 23.3.